The van der Waals surface area contributed by atoms with Crippen molar-refractivity contribution in [3.05, 3.63) is 29.3 Å². The minimum atomic E-state index is -0.939. The van der Waals surface area contributed by atoms with Crippen molar-refractivity contribution in [1.82, 2.24) is 10.2 Å². The molecule has 2 heterocycles. The lowest BCUT2D eigenvalue weighted by Gasteiger charge is -2.27. The maximum absolute atomic E-state index is 13.0. The monoisotopic (exact) mass is 468 g/mol. The van der Waals surface area contributed by atoms with Crippen molar-refractivity contribution < 1.29 is 23.9 Å². The van der Waals surface area contributed by atoms with Crippen molar-refractivity contribution in [3.8, 4) is 0 Å². The molecule has 0 bridgehead atoms. The molecule has 1 N–H and O–H groups in total. The molecule has 0 aromatic heterocycles. The smallest absolute Gasteiger partial charge is 0.263 e. The second-order valence-electron chi connectivity index (χ2n) is 6.48. The summed E-state index contributed by atoms with van der Waals surface area (Å²) in [5.74, 6) is -1.17. The molecule has 1 aromatic rings. The van der Waals surface area contributed by atoms with Gasteiger partial charge >= 0.3 is 0 Å². The Bertz CT molecular complexity index is 801. The fourth-order valence-corrected chi connectivity index (χ4v) is 4.43. The summed E-state index contributed by atoms with van der Waals surface area (Å²) in [7, 11) is 0. The standard InChI is InChI=1S/C19H21BrN2O5S/c20-8-2-9-27-10-3-11-28-14-5-1-4-12-16(14)19(26)22(18(12)25)13-6-7-15(23)21-17(13)24/h1,4-5,13H,2-3,6-11H2,(H,21,23,24). The summed E-state index contributed by atoms with van der Waals surface area (Å²) in [5.41, 5.74) is 0.663. The Morgan fingerprint density at radius 3 is 2.68 bits per heavy atom. The number of carbonyl (C=O) groups excluding carboxylic acids is 4. The van der Waals surface area contributed by atoms with Crippen LogP contribution in [-0.2, 0) is 14.3 Å². The molecular weight excluding hydrogens is 448 g/mol. The molecular formula is C19H21BrN2O5S. The Kier molecular flexibility index (Phi) is 7.25. The molecule has 2 aliphatic heterocycles. The van der Waals surface area contributed by atoms with Gasteiger partial charge in [-0.25, -0.2) is 0 Å². The summed E-state index contributed by atoms with van der Waals surface area (Å²) in [6.45, 7) is 1.36. The minimum absolute atomic E-state index is 0.112. The predicted molar refractivity (Wildman–Crippen MR) is 108 cm³/mol. The molecule has 0 aliphatic carbocycles. The fourth-order valence-electron chi connectivity index (χ4n) is 3.21. The second kappa shape index (κ2) is 9.67. The Balaban J connectivity index is 1.66. The molecule has 1 unspecified atom stereocenters. The largest absolute Gasteiger partial charge is 0.381 e. The Labute approximate surface area is 175 Å². The summed E-state index contributed by atoms with van der Waals surface area (Å²) < 4.78 is 5.52. The average molecular weight is 469 g/mol. The number of benzene rings is 1. The molecule has 28 heavy (non-hydrogen) atoms. The van der Waals surface area contributed by atoms with E-state index in [1.807, 2.05) is 6.07 Å². The van der Waals surface area contributed by atoms with Gasteiger partial charge in [0.1, 0.15) is 6.04 Å². The van der Waals surface area contributed by atoms with Gasteiger partial charge in [-0.3, -0.25) is 29.4 Å². The topological polar surface area (TPSA) is 92.8 Å². The molecule has 7 nitrogen and oxygen atoms in total. The first-order valence-corrected chi connectivity index (χ1v) is 11.3. The number of amides is 4. The van der Waals surface area contributed by atoms with Crippen LogP contribution in [0.5, 0.6) is 0 Å². The van der Waals surface area contributed by atoms with Gasteiger partial charge in [0, 0.05) is 35.6 Å². The van der Waals surface area contributed by atoms with E-state index < -0.39 is 23.8 Å². The van der Waals surface area contributed by atoms with E-state index in [9.17, 15) is 19.2 Å². The lowest BCUT2D eigenvalue weighted by atomic mass is 10.0. The Morgan fingerprint density at radius 1 is 1.14 bits per heavy atom. The number of hydrogen-bond donors (Lipinski definition) is 1. The molecule has 1 saturated heterocycles. The number of fused-ring (bicyclic) bond motifs is 1. The average Bonchev–Trinajstić information content (AvgIpc) is 2.93. The first-order valence-electron chi connectivity index (χ1n) is 9.15. The van der Waals surface area contributed by atoms with E-state index in [0.717, 1.165) is 33.7 Å². The molecule has 0 saturated carbocycles. The van der Waals surface area contributed by atoms with Crippen LogP contribution in [0.15, 0.2) is 23.1 Å². The molecule has 1 aromatic carbocycles. The van der Waals surface area contributed by atoms with Crippen LogP contribution in [0.25, 0.3) is 0 Å². The third-order valence-electron chi connectivity index (χ3n) is 4.54. The number of carbonyl (C=O) groups is 4. The van der Waals surface area contributed by atoms with Crippen molar-refractivity contribution in [3.63, 3.8) is 0 Å². The van der Waals surface area contributed by atoms with Crippen molar-refractivity contribution in [2.24, 2.45) is 0 Å². The first kappa shape index (κ1) is 21.0. The normalized spacial score (nSPS) is 19.2. The van der Waals surface area contributed by atoms with E-state index in [1.165, 1.54) is 11.8 Å². The number of nitrogens with one attached hydrogen (secondary N) is 1. The molecule has 9 heteroatoms. The molecule has 1 atom stereocenters. The van der Waals surface area contributed by atoms with E-state index in [-0.39, 0.29) is 18.7 Å². The van der Waals surface area contributed by atoms with E-state index in [1.54, 1.807) is 12.1 Å². The van der Waals surface area contributed by atoms with Crippen LogP contribution in [-0.4, -0.2) is 58.9 Å². The Morgan fingerprint density at radius 2 is 1.93 bits per heavy atom. The van der Waals surface area contributed by atoms with E-state index >= 15 is 0 Å². The number of alkyl halides is 1. The number of nitrogens with zero attached hydrogens (tertiary/aromatic N) is 1. The van der Waals surface area contributed by atoms with Crippen molar-refractivity contribution in [1.29, 1.82) is 0 Å². The van der Waals surface area contributed by atoms with E-state index in [4.69, 9.17) is 4.74 Å². The molecule has 0 radical (unpaired) electrons. The zero-order valence-corrected chi connectivity index (χ0v) is 17.6. The molecule has 1 fully saturated rings. The lowest BCUT2D eigenvalue weighted by molar-refractivity contribution is -0.136. The van der Waals surface area contributed by atoms with Gasteiger partial charge < -0.3 is 4.74 Å². The van der Waals surface area contributed by atoms with Crippen LogP contribution >= 0.6 is 27.7 Å². The summed E-state index contributed by atoms with van der Waals surface area (Å²) >= 11 is 4.85. The van der Waals surface area contributed by atoms with Crippen LogP contribution in [0, 0.1) is 0 Å². The highest BCUT2D eigenvalue weighted by atomic mass is 79.9. The number of rotatable bonds is 9. The van der Waals surface area contributed by atoms with E-state index in [0.29, 0.717) is 24.3 Å². The summed E-state index contributed by atoms with van der Waals surface area (Å²) in [5, 5.41) is 3.12. The lowest BCUT2D eigenvalue weighted by Crippen LogP contribution is -2.54. The highest BCUT2D eigenvalue weighted by Crippen LogP contribution is 2.34. The highest BCUT2D eigenvalue weighted by molar-refractivity contribution is 9.09. The quantitative estimate of drug-likeness (QED) is 0.259. The third-order valence-corrected chi connectivity index (χ3v) is 6.25. The van der Waals surface area contributed by atoms with E-state index in [2.05, 4.69) is 21.2 Å². The van der Waals surface area contributed by atoms with Gasteiger partial charge in [0.05, 0.1) is 11.1 Å². The minimum Gasteiger partial charge on any atom is -0.381 e. The fraction of sp³-hybridized carbons (Fsp3) is 0.474. The number of imide groups is 2. The number of piperidine rings is 1. The zero-order chi connectivity index (χ0) is 20.1. The van der Waals surface area contributed by atoms with Crippen LogP contribution in [0.3, 0.4) is 0 Å². The maximum Gasteiger partial charge on any atom is 0.263 e. The first-order chi connectivity index (χ1) is 13.5. The number of hydrogen-bond acceptors (Lipinski definition) is 6. The Hall–Kier alpha value is -1.71. The summed E-state index contributed by atoms with van der Waals surface area (Å²) in [6, 6.07) is 4.22. The van der Waals surface area contributed by atoms with Gasteiger partial charge in [0.15, 0.2) is 0 Å². The number of halogens is 1. The van der Waals surface area contributed by atoms with Gasteiger partial charge in [-0.2, -0.15) is 0 Å². The maximum atomic E-state index is 13.0. The number of ether oxygens (including phenoxy) is 1. The SMILES string of the molecule is O=C1CCC(N2C(=O)c3cccc(SCCCOCCCBr)c3C2=O)C(=O)N1. The van der Waals surface area contributed by atoms with Crippen molar-refractivity contribution in [2.75, 3.05) is 24.3 Å². The van der Waals surface area contributed by atoms with Gasteiger partial charge in [0.2, 0.25) is 11.8 Å². The molecule has 0 spiro atoms. The van der Waals surface area contributed by atoms with Gasteiger partial charge in [-0.05, 0) is 31.4 Å². The zero-order valence-electron chi connectivity index (χ0n) is 15.2. The summed E-state index contributed by atoms with van der Waals surface area (Å²) in [4.78, 5) is 51.0. The molecule has 4 amide bonds. The molecule has 2 aliphatic rings. The van der Waals surface area contributed by atoms with Crippen molar-refractivity contribution in [2.45, 2.75) is 36.6 Å². The molecule has 3 rings (SSSR count). The number of thioether (sulfide) groups is 1. The molecule has 150 valence electrons. The van der Waals surface area contributed by atoms with Gasteiger partial charge in [-0.1, -0.05) is 22.0 Å². The van der Waals surface area contributed by atoms with Crippen molar-refractivity contribution >= 4 is 51.3 Å². The van der Waals surface area contributed by atoms with Gasteiger partial charge in [0.25, 0.3) is 11.8 Å². The van der Waals surface area contributed by atoms with Crippen LogP contribution < -0.4 is 5.32 Å². The van der Waals surface area contributed by atoms with Crippen LogP contribution in [0.1, 0.15) is 46.4 Å². The third kappa shape index (κ3) is 4.47. The van der Waals surface area contributed by atoms with Gasteiger partial charge in [-0.15, -0.1) is 11.8 Å². The van der Waals surface area contributed by atoms with Crippen LogP contribution in [0.4, 0.5) is 0 Å². The second-order valence-corrected chi connectivity index (χ2v) is 8.41. The summed E-state index contributed by atoms with van der Waals surface area (Å²) in [6.07, 6.45) is 2.06. The highest BCUT2D eigenvalue weighted by Gasteiger charge is 2.45. The predicted octanol–water partition coefficient (Wildman–Crippen LogP) is 2.37. The van der Waals surface area contributed by atoms with Crippen LogP contribution in [0.2, 0.25) is 0 Å².